The molecule has 4 nitrogen and oxygen atoms in total. The van der Waals surface area contributed by atoms with Crippen LogP contribution in [0, 0.1) is 11.8 Å². The van der Waals surface area contributed by atoms with Gasteiger partial charge in [-0.15, -0.1) is 0 Å². The SMILES string of the molecule is COC(=O)[C@@H](C)[C@@H]1CCC[C@@H]([C@@H](C)COCc2ccccc2)O1. The lowest BCUT2D eigenvalue weighted by Crippen LogP contribution is -2.39. The molecular weight excluding hydrogens is 292 g/mol. The molecule has 0 amide bonds. The molecule has 1 aromatic carbocycles. The van der Waals surface area contributed by atoms with Crippen molar-refractivity contribution in [1.82, 2.24) is 0 Å². The number of methoxy groups -OCH3 is 1. The van der Waals surface area contributed by atoms with Gasteiger partial charge in [-0.1, -0.05) is 37.3 Å². The van der Waals surface area contributed by atoms with Crippen LogP contribution in [0.2, 0.25) is 0 Å². The zero-order valence-corrected chi connectivity index (χ0v) is 14.4. The molecule has 1 saturated heterocycles. The number of ether oxygens (including phenoxy) is 3. The predicted molar refractivity (Wildman–Crippen MR) is 89.0 cm³/mol. The minimum absolute atomic E-state index is 0.0437. The maximum Gasteiger partial charge on any atom is 0.311 e. The molecule has 0 N–H and O–H groups in total. The monoisotopic (exact) mass is 320 g/mol. The van der Waals surface area contributed by atoms with E-state index < -0.39 is 0 Å². The van der Waals surface area contributed by atoms with Gasteiger partial charge in [0.2, 0.25) is 0 Å². The van der Waals surface area contributed by atoms with Gasteiger partial charge in [0.1, 0.15) is 0 Å². The Bertz CT molecular complexity index is 474. The summed E-state index contributed by atoms with van der Waals surface area (Å²) in [6.07, 6.45) is 3.14. The normalized spacial score (nSPS) is 24.0. The lowest BCUT2D eigenvalue weighted by molar-refractivity contribution is -0.159. The van der Waals surface area contributed by atoms with Crippen LogP contribution in [0.15, 0.2) is 30.3 Å². The highest BCUT2D eigenvalue weighted by molar-refractivity contribution is 5.72. The Labute approximate surface area is 139 Å². The van der Waals surface area contributed by atoms with E-state index in [-0.39, 0.29) is 24.1 Å². The van der Waals surface area contributed by atoms with Crippen LogP contribution in [0.1, 0.15) is 38.7 Å². The second-order valence-corrected chi connectivity index (χ2v) is 6.43. The summed E-state index contributed by atoms with van der Waals surface area (Å²) in [5.41, 5.74) is 1.18. The van der Waals surface area contributed by atoms with E-state index in [9.17, 15) is 4.79 Å². The quantitative estimate of drug-likeness (QED) is 0.720. The van der Waals surface area contributed by atoms with Crippen molar-refractivity contribution in [3.63, 3.8) is 0 Å². The Kier molecular flexibility index (Phi) is 7.06. The zero-order chi connectivity index (χ0) is 16.7. The van der Waals surface area contributed by atoms with Crippen LogP contribution in [-0.2, 0) is 25.6 Å². The van der Waals surface area contributed by atoms with Gasteiger partial charge < -0.3 is 14.2 Å². The Morgan fingerprint density at radius 1 is 1.22 bits per heavy atom. The van der Waals surface area contributed by atoms with Gasteiger partial charge in [0.05, 0.1) is 38.4 Å². The molecule has 0 unspecified atom stereocenters. The fourth-order valence-electron chi connectivity index (χ4n) is 3.05. The van der Waals surface area contributed by atoms with Gasteiger partial charge in [0.25, 0.3) is 0 Å². The molecule has 1 aliphatic heterocycles. The number of carbonyl (C=O) groups is 1. The fraction of sp³-hybridized carbons (Fsp3) is 0.632. The van der Waals surface area contributed by atoms with Crippen LogP contribution in [0.4, 0.5) is 0 Å². The fourth-order valence-corrected chi connectivity index (χ4v) is 3.05. The molecular formula is C19H28O4. The molecule has 0 saturated carbocycles. The number of hydrogen-bond donors (Lipinski definition) is 0. The number of hydrogen-bond acceptors (Lipinski definition) is 4. The van der Waals surface area contributed by atoms with Crippen molar-refractivity contribution in [2.45, 2.75) is 51.9 Å². The first-order valence-corrected chi connectivity index (χ1v) is 8.46. The van der Waals surface area contributed by atoms with E-state index in [1.54, 1.807) is 0 Å². The Hall–Kier alpha value is -1.39. The van der Waals surface area contributed by atoms with Gasteiger partial charge in [-0.3, -0.25) is 4.79 Å². The molecule has 23 heavy (non-hydrogen) atoms. The van der Waals surface area contributed by atoms with E-state index in [0.29, 0.717) is 19.1 Å². The van der Waals surface area contributed by atoms with Crippen LogP contribution >= 0.6 is 0 Å². The van der Waals surface area contributed by atoms with Crippen LogP contribution in [0.5, 0.6) is 0 Å². The lowest BCUT2D eigenvalue weighted by atomic mass is 9.91. The number of benzene rings is 1. The molecule has 1 heterocycles. The molecule has 0 aliphatic carbocycles. The summed E-state index contributed by atoms with van der Waals surface area (Å²) in [4.78, 5) is 11.7. The first-order valence-electron chi connectivity index (χ1n) is 8.46. The second kappa shape index (κ2) is 9.04. The van der Waals surface area contributed by atoms with Gasteiger partial charge in [-0.05, 0) is 31.7 Å². The number of esters is 1. The predicted octanol–water partition coefficient (Wildman–Crippen LogP) is 3.59. The third-order valence-electron chi connectivity index (χ3n) is 4.58. The second-order valence-electron chi connectivity index (χ2n) is 6.43. The molecule has 0 aromatic heterocycles. The van der Waals surface area contributed by atoms with Gasteiger partial charge >= 0.3 is 5.97 Å². The lowest BCUT2D eigenvalue weighted by Gasteiger charge is -2.35. The Balaban J connectivity index is 1.77. The van der Waals surface area contributed by atoms with Crippen LogP contribution in [0.25, 0.3) is 0 Å². The molecule has 1 fully saturated rings. The van der Waals surface area contributed by atoms with Gasteiger partial charge in [0.15, 0.2) is 0 Å². The molecule has 4 atom stereocenters. The summed E-state index contributed by atoms with van der Waals surface area (Å²) < 4.78 is 16.8. The zero-order valence-electron chi connectivity index (χ0n) is 14.4. The van der Waals surface area contributed by atoms with Crippen molar-refractivity contribution in [3.8, 4) is 0 Å². The maximum absolute atomic E-state index is 11.7. The summed E-state index contributed by atoms with van der Waals surface area (Å²) in [5, 5.41) is 0. The smallest absolute Gasteiger partial charge is 0.311 e. The third-order valence-corrected chi connectivity index (χ3v) is 4.58. The van der Waals surface area contributed by atoms with Crippen LogP contribution in [-0.4, -0.2) is 31.9 Å². The summed E-state index contributed by atoms with van der Waals surface area (Å²) in [7, 11) is 1.43. The van der Waals surface area contributed by atoms with Crippen molar-refractivity contribution in [2.75, 3.05) is 13.7 Å². The van der Waals surface area contributed by atoms with Gasteiger partial charge in [-0.2, -0.15) is 0 Å². The number of rotatable bonds is 7. The highest BCUT2D eigenvalue weighted by Crippen LogP contribution is 2.29. The highest BCUT2D eigenvalue weighted by atomic mass is 16.5. The van der Waals surface area contributed by atoms with E-state index >= 15 is 0 Å². The van der Waals surface area contributed by atoms with E-state index in [1.165, 1.54) is 12.7 Å². The van der Waals surface area contributed by atoms with Crippen molar-refractivity contribution >= 4 is 5.97 Å². The Morgan fingerprint density at radius 3 is 2.61 bits per heavy atom. The van der Waals surface area contributed by atoms with Crippen molar-refractivity contribution < 1.29 is 19.0 Å². The van der Waals surface area contributed by atoms with Gasteiger partial charge in [-0.25, -0.2) is 0 Å². The van der Waals surface area contributed by atoms with Crippen molar-refractivity contribution in [1.29, 1.82) is 0 Å². The van der Waals surface area contributed by atoms with E-state index in [0.717, 1.165) is 19.3 Å². The van der Waals surface area contributed by atoms with E-state index in [4.69, 9.17) is 14.2 Å². The summed E-state index contributed by atoms with van der Waals surface area (Å²) >= 11 is 0. The highest BCUT2D eigenvalue weighted by Gasteiger charge is 2.33. The first kappa shape index (κ1) is 18.0. The topological polar surface area (TPSA) is 44.8 Å². The van der Waals surface area contributed by atoms with Gasteiger partial charge in [0, 0.05) is 5.92 Å². The first-order chi connectivity index (χ1) is 11.1. The molecule has 4 heteroatoms. The molecule has 0 radical (unpaired) electrons. The molecule has 1 aromatic rings. The molecule has 0 spiro atoms. The molecule has 128 valence electrons. The molecule has 2 rings (SSSR count). The van der Waals surface area contributed by atoms with E-state index in [1.807, 2.05) is 25.1 Å². The average Bonchev–Trinajstić information content (AvgIpc) is 2.61. The third kappa shape index (κ3) is 5.33. The van der Waals surface area contributed by atoms with Crippen LogP contribution in [0.3, 0.4) is 0 Å². The van der Waals surface area contributed by atoms with Crippen LogP contribution < -0.4 is 0 Å². The van der Waals surface area contributed by atoms with Crippen molar-refractivity contribution in [3.05, 3.63) is 35.9 Å². The van der Waals surface area contributed by atoms with E-state index in [2.05, 4.69) is 19.1 Å². The minimum atomic E-state index is -0.208. The summed E-state index contributed by atoms with van der Waals surface area (Å²) in [6.45, 7) is 5.33. The van der Waals surface area contributed by atoms with Crippen molar-refractivity contribution in [2.24, 2.45) is 11.8 Å². The number of carbonyl (C=O) groups excluding carboxylic acids is 1. The molecule has 1 aliphatic rings. The minimum Gasteiger partial charge on any atom is -0.469 e. The summed E-state index contributed by atoms with van der Waals surface area (Å²) in [5.74, 6) is -0.0878. The molecule has 0 bridgehead atoms. The summed E-state index contributed by atoms with van der Waals surface area (Å²) in [6, 6.07) is 10.2. The standard InChI is InChI=1S/C19H28O4/c1-14(12-22-13-16-8-5-4-6-9-16)17-10-7-11-18(23-17)15(2)19(20)21-3/h4-6,8-9,14-15,17-18H,7,10-13H2,1-3H3/t14-,15-,17-,18-/m0/s1. The maximum atomic E-state index is 11.7. The Morgan fingerprint density at radius 2 is 1.91 bits per heavy atom. The largest absolute Gasteiger partial charge is 0.469 e. The average molecular weight is 320 g/mol.